The first-order valence-electron chi connectivity index (χ1n) is 9.54. The van der Waals surface area contributed by atoms with Crippen LogP contribution in [0.1, 0.15) is 22.1 Å². The number of aromatic nitrogens is 5. The molecule has 0 aliphatic rings. The van der Waals surface area contributed by atoms with Crippen molar-refractivity contribution in [3.8, 4) is 16.9 Å². The normalized spacial score (nSPS) is 11.2. The van der Waals surface area contributed by atoms with E-state index >= 15 is 0 Å². The van der Waals surface area contributed by atoms with Gasteiger partial charge in [0.2, 0.25) is 5.82 Å². The molecule has 3 aromatic heterocycles. The van der Waals surface area contributed by atoms with E-state index < -0.39 is 5.91 Å². The van der Waals surface area contributed by atoms with E-state index in [-0.39, 0.29) is 11.6 Å². The van der Waals surface area contributed by atoms with Gasteiger partial charge in [0.05, 0.1) is 11.4 Å². The Morgan fingerprint density at radius 1 is 1.10 bits per heavy atom. The third-order valence-electron chi connectivity index (χ3n) is 4.92. The van der Waals surface area contributed by atoms with Crippen molar-refractivity contribution >= 4 is 33.3 Å². The lowest BCUT2D eigenvalue weighted by molar-refractivity contribution is 0.101. The number of nitrogens with one attached hydrogen (secondary N) is 2. The first-order valence-corrected chi connectivity index (χ1v) is 10.4. The Morgan fingerprint density at radius 3 is 2.68 bits per heavy atom. The highest BCUT2D eigenvalue weighted by Crippen LogP contribution is 2.33. The third kappa shape index (κ3) is 3.49. The number of hydrogen-bond acceptors (Lipinski definition) is 5. The number of carbonyl (C=O) groups is 1. The Bertz CT molecular complexity index is 1420. The summed E-state index contributed by atoms with van der Waals surface area (Å²) in [5.41, 5.74) is 4.48. The average Bonchev–Trinajstić information content (AvgIpc) is 3.45. The number of anilines is 1. The number of thiazole rings is 1. The largest absolute Gasteiger partial charge is 0.358 e. The van der Waals surface area contributed by atoms with Gasteiger partial charge in [-0.15, -0.1) is 16.4 Å². The zero-order chi connectivity index (χ0) is 21.5. The van der Waals surface area contributed by atoms with Crippen LogP contribution in [0.2, 0.25) is 0 Å². The van der Waals surface area contributed by atoms with Gasteiger partial charge >= 0.3 is 0 Å². The molecular formula is C22H17FN6OS. The van der Waals surface area contributed by atoms with Crippen molar-refractivity contribution in [3.63, 3.8) is 0 Å². The molecule has 0 atom stereocenters. The Hall–Kier alpha value is -3.85. The molecule has 0 spiro atoms. The molecule has 0 saturated heterocycles. The quantitative estimate of drug-likeness (QED) is 0.424. The first kappa shape index (κ1) is 19.1. The zero-order valence-corrected chi connectivity index (χ0v) is 17.5. The van der Waals surface area contributed by atoms with Gasteiger partial charge in [0, 0.05) is 27.5 Å². The van der Waals surface area contributed by atoms with Crippen LogP contribution >= 0.6 is 11.3 Å². The minimum absolute atomic E-state index is 0.0156. The van der Waals surface area contributed by atoms with Gasteiger partial charge in [-0.05, 0) is 44.2 Å². The molecule has 7 nitrogen and oxygen atoms in total. The lowest BCUT2D eigenvalue weighted by Gasteiger charge is -2.01. The fourth-order valence-electron chi connectivity index (χ4n) is 3.52. The standard InChI is InChI=1S/C22H17FN6OS/c1-12-19(16-5-3-4-6-17(16)24-12)18-11-31-22(26-18)27-21(30)20-25-13(2)29(28-20)15-9-7-14(23)8-10-15/h3-11,24H,1-2H3,(H,26,27,30). The third-order valence-corrected chi connectivity index (χ3v) is 5.68. The van der Waals surface area contributed by atoms with Crippen LogP contribution in [-0.2, 0) is 0 Å². The van der Waals surface area contributed by atoms with Crippen molar-refractivity contribution in [2.75, 3.05) is 5.32 Å². The highest BCUT2D eigenvalue weighted by molar-refractivity contribution is 7.14. The summed E-state index contributed by atoms with van der Waals surface area (Å²) in [7, 11) is 0. The predicted molar refractivity (Wildman–Crippen MR) is 118 cm³/mol. The topological polar surface area (TPSA) is 88.5 Å². The SMILES string of the molecule is Cc1[nH]c2ccccc2c1-c1csc(NC(=O)c2nc(C)n(-c3ccc(F)cc3)n2)n1. The van der Waals surface area contributed by atoms with E-state index in [0.717, 1.165) is 27.9 Å². The minimum atomic E-state index is -0.458. The van der Waals surface area contributed by atoms with Gasteiger partial charge in [-0.3, -0.25) is 10.1 Å². The molecule has 9 heteroatoms. The van der Waals surface area contributed by atoms with E-state index in [2.05, 4.69) is 25.4 Å². The summed E-state index contributed by atoms with van der Waals surface area (Å²) >= 11 is 1.34. The molecule has 2 aromatic carbocycles. The molecule has 154 valence electrons. The molecule has 0 saturated carbocycles. The molecule has 31 heavy (non-hydrogen) atoms. The van der Waals surface area contributed by atoms with Crippen LogP contribution in [0.5, 0.6) is 0 Å². The van der Waals surface area contributed by atoms with Gasteiger partial charge < -0.3 is 4.98 Å². The number of halogens is 1. The second-order valence-corrected chi connectivity index (χ2v) is 7.89. The predicted octanol–water partition coefficient (Wildman–Crippen LogP) is 4.88. The van der Waals surface area contributed by atoms with Gasteiger partial charge in [-0.2, -0.15) is 0 Å². The molecule has 0 aliphatic carbocycles. The monoisotopic (exact) mass is 432 g/mol. The first-order chi connectivity index (χ1) is 15.0. The highest BCUT2D eigenvalue weighted by atomic mass is 32.1. The molecule has 0 fully saturated rings. The zero-order valence-electron chi connectivity index (χ0n) is 16.7. The summed E-state index contributed by atoms with van der Waals surface area (Å²) in [4.78, 5) is 24.9. The van der Waals surface area contributed by atoms with Crippen LogP contribution in [0.4, 0.5) is 9.52 Å². The number of H-pyrrole nitrogens is 1. The molecule has 0 unspecified atom stereocenters. The number of fused-ring (bicyclic) bond motifs is 1. The van der Waals surface area contributed by atoms with Crippen LogP contribution in [0.25, 0.3) is 27.8 Å². The summed E-state index contributed by atoms with van der Waals surface area (Å²) in [5.74, 6) is -0.266. The molecule has 2 N–H and O–H groups in total. The lowest BCUT2D eigenvalue weighted by Crippen LogP contribution is -2.14. The van der Waals surface area contributed by atoms with Crippen LogP contribution in [0.3, 0.4) is 0 Å². The smallest absolute Gasteiger partial charge is 0.297 e. The number of hydrogen-bond donors (Lipinski definition) is 2. The van der Waals surface area contributed by atoms with Crippen molar-refractivity contribution in [1.29, 1.82) is 0 Å². The molecule has 0 bridgehead atoms. The molecule has 0 radical (unpaired) electrons. The molecule has 1 amide bonds. The summed E-state index contributed by atoms with van der Waals surface area (Å²) < 4.78 is 14.7. The van der Waals surface area contributed by atoms with Gasteiger partial charge in [0.15, 0.2) is 5.13 Å². The Balaban J connectivity index is 1.40. The maximum Gasteiger partial charge on any atom is 0.297 e. The molecule has 5 aromatic rings. The molecular weight excluding hydrogens is 415 g/mol. The molecule has 5 rings (SSSR count). The summed E-state index contributed by atoms with van der Waals surface area (Å²) in [6.45, 7) is 3.73. The number of benzene rings is 2. The van der Waals surface area contributed by atoms with Gasteiger partial charge in [0.1, 0.15) is 11.6 Å². The van der Waals surface area contributed by atoms with Crippen molar-refractivity contribution in [2.24, 2.45) is 0 Å². The number of para-hydroxylation sites is 1. The highest BCUT2D eigenvalue weighted by Gasteiger charge is 2.18. The number of aromatic amines is 1. The van der Waals surface area contributed by atoms with E-state index in [1.165, 1.54) is 28.2 Å². The second kappa shape index (κ2) is 7.44. The second-order valence-electron chi connectivity index (χ2n) is 7.03. The van der Waals surface area contributed by atoms with E-state index in [9.17, 15) is 9.18 Å². The average molecular weight is 432 g/mol. The fourth-order valence-corrected chi connectivity index (χ4v) is 4.22. The van der Waals surface area contributed by atoms with Crippen LogP contribution in [0, 0.1) is 19.7 Å². The van der Waals surface area contributed by atoms with Gasteiger partial charge in [0.25, 0.3) is 5.91 Å². The Labute approximate surface area is 180 Å². The Kier molecular flexibility index (Phi) is 4.59. The van der Waals surface area contributed by atoms with Crippen LogP contribution < -0.4 is 5.32 Å². The maximum atomic E-state index is 13.2. The van der Waals surface area contributed by atoms with Crippen LogP contribution in [-0.4, -0.2) is 30.6 Å². The maximum absolute atomic E-state index is 13.2. The molecule has 3 heterocycles. The van der Waals surface area contributed by atoms with Gasteiger partial charge in [-0.1, -0.05) is 18.2 Å². The van der Waals surface area contributed by atoms with Crippen LogP contribution in [0.15, 0.2) is 53.9 Å². The van der Waals surface area contributed by atoms with Gasteiger partial charge in [-0.25, -0.2) is 19.0 Å². The van der Waals surface area contributed by atoms with E-state index in [0.29, 0.717) is 16.6 Å². The number of nitrogens with zero attached hydrogens (tertiary/aromatic N) is 4. The number of rotatable bonds is 4. The fraction of sp³-hybridized carbons (Fsp3) is 0.0909. The summed E-state index contributed by atoms with van der Waals surface area (Å²) in [6.07, 6.45) is 0. The van der Waals surface area contributed by atoms with E-state index in [1.54, 1.807) is 19.1 Å². The minimum Gasteiger partial charge on any atom is -0.358 e. The Morgan fingerprint density at radius 2 is 1.87 bits per heavy atom. The van der Waals surface area contributed by atoms with Crippen molar-refractivity contribution in [1.82, 2.24) is 24.7 Å². The van der Waals surface area contributed by atoms with Crippen molar-refractivity contribution in [3.05, 3.63) is 77.1 Å². The molecule has 0 aliphatic heterocycles. The van der Waals surface area contributed by atoms with Crippen molar-refractivity contribution < 1.29 is 9.18 Å². The number of aryl methyl sites for hydroxylation is 2. The summed E-state index contributed by atoms with van der Waals surface area (Å²) in [5, 5.41) is 10.5. The lowest BCUT2D eigenvalue weighted by atomic mass is 10.1. The van der Waals surface area contributed by atoms with E-state index in [4.69, 9.17) is 0 Å². The van der Waals surface area contributed by atoms with E-state index in [1.807, 2.05) is 36.6 Å². The summed E-state index contributed by atoms with van der Waals surface area (Å²) in [6, 6.07) is 13.9. The van der Waals surface area contributed by atoms with Crippen molar-refractivity contribution in [2.45, 2.75) is 13.8 Å². The number of carbonyl (C=O) groups excluding carboxylic acids is 1. The number of amides is 1.